The van der Waals surface area contributed by atoms with Gasteiger partial charge >= 0.3 is 0 Å². The summed E-state index contributed by atoms with van der Waals surface area (Å²) in [6.45, 7) is 9.44. The Hall–Kier alpha value is 0.137. The zero-order chi connectivity index (χ0) is 9.61. The molecule has 0 aromatic heterocycles. The van der Waals surface area contributed by atoms with Crippen molar-refractivity contribution < 1.29 is 4.43 Å². The summed E-state index contributed by atoms with van der Waals surface area (Å²) in [5.74, 6) is 0. The minimum atomic E-state index is -1.38. The zero-order valence-electron chi connectivity index (χ0n) is 8.89. The second-order valence-electron chi connectivity index (χ2n) is 3.41. The third kappa shape index (κ3) is 3.25. The molecule has 0 fully saturated rings. The Balaban J connectivity index is 4.09. The average Bonchev–Trinajstić information content (AvgIpc) is 2.14. The van der Waals surface area contributed by atoms with E-state index >= 15 is 0 Å². The molecule has 0 spiro atoms. The molecule has 0 aromatic rings. The molecule has 0 saturated heterocycles. The lowest BCUT2D eigenvalue weighted by Gasteiger charge is -2.31. The molecule has 0 amide bonds. The molecule has 12 heavy (non-hydrogen) atoms. The van der Waals surface area contributed by atoms with Crippen LogP contribution in [0.2, 0.25) is 18.1 Å². The maximum absolute atomic E-state index is 6.05. The van der Waals surface area contributed by atoms with E-state index in [9.17, 15) is 0 Å². The van der Waals surface area contributed by atoms with Crippen molar-refractivity contribution in [2.45, 2.75) is 51.9 Å². The lowest BCUT2D eigenvalue weighted by molar-refractivity contribution is 0.213. The van der Waals surface area contributed by atoms with E-state index in [1.807, 2.05) is 0 Å². The summed E-state index contributed by atoms with van der Waals surface area (Å²) in [6, 6.07) is 3.64. The zero-order valence-corrected chi connectivity index (χ0v) is 9.89. The molecular formula is C9H23NOSi. The van der Waals surface area contributed by atoms with E-state index in [1.165, 1.54) is 18.1 Å². The van der Waals surface area contributed by atoms with Crippen molar-refractivity contribution in [2.24, 2.45) is 5.73 Å². The van der Waals surface area contributed by atoms with Gasteiger partial charge in [-0.1, -0.05) is 20.8 Å². The van der Waals surface area contributed by atoms with Crippen LogP contribution in [0.3, 0.4) is 0 Å². The monoisotopic (exact) mass is 189 g/mol. The predicted octanol–water partition coefficient (Wildman–Crippen LogP) is 2.36. The molecule has 0 aliphatic rings. The molecule has 0 saturated carbocycles. The predicted molar refractivity (Wildman–Crippen MR) is 56.8 cm³/mol. The summed E-state index contributed by atoms with van der Waals surface area (Å²) in [4.78, 5) is 0. The summed E-state index contributed by atoms with van der Waals surface area (Å²) < 4.78 is 6.05. The fraction of sp³-hybridized carbons (Fsp3) is 1.00. The van der Waals surface area contributed by atoms with Gasteiger partial charge in [0.2, 0.25) is 0 Å². The third-order valence-corrected chi connectivity index (χ3v) is 7.48. The molecule has 0 rings (SSSR count). The number of hydrogen-bond acceptors (Lipinski definition) is 2. The van der Waals surface area contributed by atoms with E-state index in [-0.39, 0.29) is 6.10 Å². The molecule has 0 aromatic carbocycles. The van der Waals surface area contributed by atoms with Crippen molar-refractivity contribution in [1.29, 1.82) is 0 Å². The van der Waals surface area contributed by atoms with E-state index in [0.29, 0.717) is 6.54 Å². The van der Waals surface area contributed by atoms with Crippen molar-refractivity contribution in [1.82, 2.24) is 0 Å². The summed E-state index contributed by atoms with van der Waals surface area (Å²) in [5, 5.41) is 0. The summed E-state index contributed by atoms with van der Waals surface area (Å²) in [6.07, 6.45) is 0.247. The van der Waals surface area contributed by atoms with Crippen molar-refractivity contribution >= 4 is 8.32 Å². The first-order valence-electron chi connectivity index (χ1n) is 5.02. The molecule has 2 nitrogen and oxygen atoms in total. The molecule has 1 unspecified atom stereocenters. The van der Waals surface area contributed by atoms with Crippen LogP contribution in [-0.4, -0.2) is 21.0 Å². The second-order valence-corrected chi connectivity index (χ2v) is 8.13. The maximum atomic E-state index is 6.05. The Bertz CT molecular complexity index is 107. The van der Waals surface area contributed by atoms with Gasteiger partial charge in [0.05, 0.1) is 6.10 Å². The SMILES string of the molecule is CC[Si](CC)(CC)OC(C)CN. The van der Waals surface area contributed by atoms with Crippen LogP contribution < -0.4 is 5.73 Å². The van der Waals surface area contributed by atoms with Crippen LogP contribution in [0.4, 0.5) is 0 Å². The van der Waals surface area contributed by atoms with Gasteiger partial charge in [-0.15, -0.1) is 0 Å². The molecule has 0 radical (unpaired) electrons. The van der Waals surface area contributed by atoms with Gasteiger partial charge in [-0.05, 0) is 25.1 Å². The molecule has 0 aliphatic carbocycles. The fourth-order valence-electron chi connectivity index (χ4n) is 1.47. The lowest BCUT2D eigenvalue weighted by atomic mass is 10.4. The summed E-state index contributed by atoms with van der Waals surface area (Å²) in [5.41, 5.74) is 5.54. The van der Waals surface area contributed by atoms with Gasteiger partial charge in [-0.25, -0.2) is 0 Å². The van der Waals surface area contributed by atoms with Crippen LogP contribution in [0.25, 0.3) is 0 Å². The largest absolute Gasteiger partial charge is 0.413 e. The number of rotatable bonds is 6. The van der Waals surface area contributed by atoms with Crippen molar-refractivity contribution in [3.05, 3.63) is 0 Å². The average molecular weight is 189 g/mol. The van der Waals surface area contributed by atoms with Crippen LogP contribution >= 0.6 is 0 Å². The van der Waals surface area contributed by atoms with Gasteiger partial charge in [0.15, 0.2) is 8.32 Å². The van der Waals surface area contributed by atoms with Crippen LogP contribution in [0.15, 0.2) is 0 Å². The Kier molecular flexibility index (Phi) is 5.79. The molecule has 0 bridgehead atoms. The van der Waals surface area contributed by atoms with E-state index in [4.69, 9.17) is 10.2 Å². The maximum Gasteiger partial charge on any atom is 0.192 e. The number of hydrogen-bond donors (Lipinski definition) is 1. The van der Waals surface area contributed by atoms with Gasteiger partial charge in [-0.2, -0.15) is 0 Å². The first-order valence-corrected chi connectivity index (χ1v) is 7.55. The Morgan fingerprint density at radius 3 is 1.83 bits per heavy atom. The van der Waals surface area contributed by atoms with E-state index in [2.05, 4.69) is 27.7 Å². The van der Waals surface area contributed by atoms with Gasteiger partial charge in [-0.3, -0.25) is 0 Å². The Labute approximate surface area is 77.6 Å². The van der Waals surface area contributed by atoms with Crippen LogP contribution in [0.1, 0.15) is 27.7 Å². The first kappa shape index (κ1) is 12.1. The normalized spacial score (nSPS) is 14.8. The fourth-order valence-corrected chi connectivity index (χ4v) is 4.42. The van der Waals surface area contributed by atoms with Crippen molar-refractivity contribution in [3.8, 4) is 0 Å². The summed E-state index contributed by atoms with van der Waals surface area (Å²) >= 11 is 0. The molecular weight excluding hydrogens is 166 g/mol. The highest BCUT2D eigenvalue weighted by Gasteiger charge is 2.30. The van der Waals surface area contributed by atoms with Crippen molar-refractivity contribution in [3.63, 3.8) is 0 Å². The van der Waals surface area contributed by atoms with Crippen molar-refractivity contribution in [2.75, 3.05) is 6.54 Å². The highest BCUT2D eigenvalue weighted by atomic mass is 28.4. The highest BCUT2D eigenvalue weighted by molar-refractivity contribution is 6.73. The van der Waals surface area contributed by atoms with Gasteiger partial charge in [0.25, 0.3) is 0 Å². The standard InChI is InChI=1S/C9H23NOSi/c1-5-12(6-2,7-3)11-9(4)8-10/h9H,5-8,10H2,1-4H3. The molecule has 0 aliphatic heterocycles. The topological polar surface area (TPSA) is 35.2 Å². The Morgan fingerprint density at radius 1 is 1.17 bits per heavy atom. The van der Waals surface area contributed by atoms with Crippen LogP contribution in [0.5, 0.6) is 0 Å². The van der Waals surface area contributed by atoms with Gasteiger partial charge in [0.1, 0.15) is 0 Å². The first-order chi connectivity index (χ1) is 5.64. The van der Waals surface area contributed by atoms with E-state index in [0.717, 1.165) is 0 Å². The minimum absolute atomic E-state index is 0.247. The highest BCUT2D eigenvalue weighted by Crippen LogP contribution is 2.22. The lowest BCUT2D eigenvalue weighted by Crippen LogP contribution is -2.41. The minimum Gasteiger partial charge on any atom is -0.413 e. The molecule has 2 N–H and O–H groups in total. The molecule has 74 valence electrons. The smallest absolute Gasteiger partial charge is 0.192 e. The Morgan fingerprint density at radius 2 is 1.58 bits per heavy atom. The molecule has 1 atom stereocenters. The van der Waals surface area contributed by atoms with Crippen LogP contribution in [0, 0.1) is 0 Å². The van der Waals surface area contributed by atoms with Gasteiger partial charge in [0, 0.05) is 6.54 Å². The van der Waals surface area contributed by atoms with E-state index < -0.39 is 8.32 Å². The summed E-state index contributed by atoms with van der Waals surface area (Å²) in [7, 11) is -1.38. The molecule has 0 heterocycles. The molecule has 3 heteroatoms. The third-order valence-electron chi connectivity index (χ3n) is 2.72. The van der Waals surface area contributed by atoms with E-state index in [1.54, 1.807) is 0 Å². The quantitative estimate of drug-likeness (QED) is 0.651. The second kappa shape index (κ2) is 5.73. The van der Waals surface area contributed by atoms with Gasteiger partial charge < -0.3 is 10.2 Å². The number of nitrogens with two attached hydrogens (primary N) is 1. The van der Waals surface area contributed by atoms with Crippen LogP contribution in [-0.2, 0) is 4.43 Å².